The highest BCUT2D eigenvalue weighted by Crippen LogP contribution is 2.02. The van der Waals surface area contributed by atoms with Crippen LogP contribution in [-0.4, -0.2) is 5.75 Å². The molecule has 0 aromatic carbocycles. The van der Waals surface area contributed by atoms with E-state index in [9.17, 15) is 0 Å². The average molecular weight is 116 g/mol. The lowest BCUT2D eigenvalue weighted by Crippen LogP contribution is -1.91. The second-order valence-corrected chi connectivity index (χ2v) is 2.18. The van der Waals surface area contributed by atoms with Crippen LogP contribution in [0.15, 0.2) is 12.7 Å². The second-order valence-electron chi connectivity index (χ2n) is 1.81. The van der Waals surface area contributed by atoms with Crippen molar-refractivity contribution in [2.75, 3.05) is 5.75 Å². The Hall–Kier alpha value is 0.0900. The molecule has 0 saturated heterocycles. The third kappa shape index (κ3) is 3.93. The first-order chi connectivity index (χ1) is 3.31. The van der Waals surface area contributed by atoms with E-state index in [1.807, 2.05) is 6.08 Å². The summed E-state index contributed by atoms with van der Waals surface area (Å²) in [6, 6.07) is 0. The Kier molecular flexibility index (Phi) is 4.31. The summed E-state index contributed by atoms with van der Waals surface area (Å²) < 4.78 is 0. The Morgan fingerprint density at radius 3 is 2.57 bits per heavy atom. The van der Waals surface area contributed by atoms with Gasteiger partial charge in [0.1, 0.15) is 0 Å². The highest BCUT2D eigenvalue weighted by atomic mass is 32.1. The Balaban J connectivity index is 2.98. The molecule has 0 rings (SSSR count). The van der Waals surface area contributed by atoms with E-state index in [1.54, 1.807) is 0 Å². The molecular formula is C6H12S. The summed E-state index contributed by atoms with van der Waals surface area (Å²) in [7, 11) is 0. The van der Waals surface area contributed by atoms with Gasteiger partial charge in [0.25, 0.3) is 0 Å². The average Bonchev–Trinajstić information content (AvgIpc) is 1.68. The lowest BCUT2D eigenvalue weighted by molar-refractivity contribution is 0.678. The van der Waals surface area contributed by atoms with Crippen LogP contribution in [0, 0.1) is 5.92 Å². The monoisotopic (exact) mass is 116 g/mol. The van der Waals surface area contributed by atoms with Crippen LogP contribution in [0.1, 0.15) is 13.3 Å². The Bertz CT molecular complexity index is 50.1. The fourth-order valence-corrected chi connectivity index (χ4v) is 0.508. The Morgan fingerprint density at radius 2 is 2.43 bits per heavy atom. The number of thiol groups is 1. The number of hydrogen-bond donors (Lipinski definition) is 1. The molecule has 1 unspecified atom stereocenters. The molecule has 42 valence electrons. The Labute approximate surface area is 51.0 Å². The second kappa shape index (κ2) is 4.25. The summed E-state index contributed by atoms with van der Waals surface area (Å²) >= 11 is 4.10. The van der Waals surface area contributed by atoms with Crippen molar-refractivity contribution in [3.05, 3.63) is 12.7 Å². The van der Waals surface area contributed by atoms with E-state index in [1.165, 1.54) is 0 Å². The van der Waals surface area contributed by atoms with Gasteiger partial charge in [-0.15, -0.1) is 6.58 Å². The van der Waals surface area contributed by atoms with Crippen LogP contribution in [-0.2, 0) is 0 Å². The van der Waals surface area contributed by atoms with Crippen LogP contribution in [0.4, 0.5) is 0 Å². The predicted molar refractivity (Wildman–Crippen MR) is 37.8 cm³/mol. The third-order valence-corrected chi connectivity index (χ3v) is 1.50. The van der Waals surface area contributed by atoms with Crippen molar-refractivity contribution >= 4 is 12.6 Å². The maximum Gasteiger partial charge on any atom is -0.00692 e. The molecule has 0 aliphatic carbocycles. The topological polar surface area (TPSA) is 0 Å². The van der Waals surface area contributed by atoms with Crippen molar-refractivity contribution in [3.8, 4) is 0 Å². The SMILES string of the molecule is C=CCC(C)CS. The van der Waals surface area contributed by atoms with Gasteiger partial charge in [-0.25, -0.2) is 0 Å². The maximum absolute atomic E-state index is 4.10. The van der Waals surface area contributed by atoms with Crippen molar-refractivity contribution in [2.45, 2.75) is 13.3 Å². The minimum atomic E-state index is 0.695. The third-order valence-electron chi connectivity index (χ3n) is 0.881. The highest BCUT2D eigenvalue weighted by Gasteiger charge is 1.91. The molecule has 0 spiro atoms. The fraction of sp³-hybridized carbons (Fsp3) is 0.667. The van der Waals surface area contributed by atoms with Crippen LogP contribution >= 0.6 is 12.6 Å². The normalized spacial score (nSPS) is 13.4. The zero-order valence-corrected chi connectivity index (χ0v) is 5.62. The predicted octanol–water partition coefficient (Wildman–Crippen LogP) is 2.13. The minimum absolute atomic E-state index is 0.695. The standard InChI is InChI=1S/C6H12S/c1-3-4-6(2)5-7/h3,6-7H,1,4-5H2,2H3. The zero-order valence-electron chi connectivity index (χ0n) is 4.72. The molecule has 0 saturated carbocycles. The first kappa shape index (κ1) is 7.09. The van der Waals surface area contributed by atoms with Crippen LogP contribution in [0.2, 0.25) is 0 Å². The van der Waals surface area contributed by atoms with E-state index in [0.717, 1.165) is 12.2 Å². The van der Waals surface area contributed by atoms with E-state index in [2.05, 4.69) is 26.1 Å². The molecule has 1 heteroatoms. The summed E-state index contributed by atoms with van der Waals surface area (Å²) in [5.41, 5.74) is 0. The summed E-state index contributed by atoms with van der Waals surface area (Å²) in [6.07, 6.45) is 3.02. The van der Waals surface area contributed by atoms with Gasteiger partial charge in [0.15, 0.2) is 0 Å². The van der Waals surface area contributed by atoms with Gasteiger partial charge in [0, 0.05) is 0 Å². The highest BCUT2D eigenvalue weighted by molar-refractivity contribution is 7.80. The van der Waals surface area contributed by atoms with E-state index in [-0.39, 0.29) is 0 Å². The summed E-state index contributed by atoms with van der Waals surface area (Å²) in [5.74, 6) is 1.66. The molecule has 0 aromatic rings. The Morgan fingerprint density at radius 1 is 1.86 bits per heavy atom. The first-order valence-electron chi connectivity index (χ1n) is 2.53. The molecule has 0 aromatic heterocycles. The molecule has 1 atom stereocenters. The largest absolute Gasteiger partial charge is 0.179 e. The van der Waals surface area contributed by atoms with Gasteiger partial charge in [-0.1, -0.05) is 13.0 Å². The smallest absolute Gasteiger partial charge is 0.00692 e. The quantitative estimate of drug-likeness (QED) is 0.424. The fourth-order valence-electron chi connectivity index (χ4n) is 0.359. The van der Waals surface area contributed by atoms with E-state index >= 15 is 0 Å². The van der Waals surface area contributed by atoms with Crippen molar-refractivity contribution in [2.24, 2.45) is 5.92 Å². The van der Waals surface area contributed by atoms with Crippen molar-refractivity contribution < 1.29 is 0 Å². The van der Waals surface area contributed by atoms with Crippen LogP contribution in [0.3, 0.4) is 0 Å². The number of rotatable bonds is 3. The van der Waals surface area contributed by atoms with E-state index < -0.39 is 0 Å². The van der Waals surface area contributed by atoms with Crippen molar-refractivity contribution in [3.63, 3.8) is 0 Å². The van der Waals surface area contributed by atoms with Crippen molar-refractivity contribution in [1.82, 2.24) is 0 Å². The molecule has 0 N–H and O–H groups in total. The molecule has 0 fully saturated rings. The molecule has 0 nitrogen and oxygen atoms in total. The van der Waals surface area contributed by atoms with E-state index in [4.69, 9.17) is 0 Å². The summed E-state index contributed by atoms with van der Waals surface area (Å²) in [4.78, 5) is 0. The van der Waals surface area contributed by atoms with Crippen LogP contribution in [0.25, 0.3) is 0 Å². The minimum Gasteiger partial charge on any atom is -0.179 e. The molecule has 0 aliphatic rings. The molecule has 0 amide bonds. The molecule has 0 heterocycles. The van der Waals surface area contributed by atoms with Gasteiger partial charge < -0.3 is 0 Å². The van der Waals surface area contributed by atoms with Gasteiger partial charge in [-0.2, -0.15) is 12.6 Å². The maximum atomic E-state index is 4.10. The van der Waals surface area contributed by atoms with Crippen LogP contribution < -0.4 is 0 Å². The molecule has 7 heavy (non-hydrogen) atoms. The lowest BCUT2D eigenvalue weighted by atomic mass is 10.1. The molecule has 0 radical (unpaired) electrons. The summed E-state index contributed by atoms with van der Waals surface area (Å²) in [5, 5.41) is 0. The van der Waals surface area contributed by atoms with Gasteiger partial charge >= 0.3 is 0 Å². The first-order valence-corrected chi connectivity index (χ1v) is 3.16. The molecule has 0 aliphatic heterocycles. The number of allylic oxidation sites excluding steroid dienone is 1. The molecular weight excluding hydrogens is 104 g/mol. The number of hydrogen-bond acceptors (Lipinski definition) is 1. The van der Waals surface area contributed by atoms with Crippen LogP contribution in [0.5, 0.6) is 0 Å². The van der Waals surface area contributed by atoms with Gasteiger partial charge in [-0.3, -0.25) is 0 Å². The van der Waals surface area contributed by atoms with Gasteiger partial charge in [-0.05, 0) is 18.1 Å². The summed E-state index contributed by atoms with van der Waals surface area (Å²) in [6.45, 7) is 5.78. The molecule has 0 bridgehead atoms. The zero-order chi connectivity index (χ0) is 5.70. The van der Waals surface area contributed by atoms with Gasteiger partial charge in [0.05, 0.1) is 0 Å². The van der Waals surface area contributed by atoms with E-state index in [0.29, 0.717) is 5.92 Å². The lowest BCUT2D eigenvalue weighted by Gasteiger charge is -1.99. The van der Waals surface area contributed by atoms with Crippen molar-refractivity contribution in [1.29, 1.82) is 0 Å². The van der Waals surface area contributed by atoms with Gasteiger partial charge in [0.2, 0.25) is 0 Å².